The molecule has 0 bridgehead atoms. The summed E-state index contributed by atoms with van der Waals surface area (Å²) in [5, 5.41) is 8.74. The molecule has 28 heavy (non-hydrogen) atoms. The van der Waals surface area contributed by atoms with E-state index in [-0.39, 0.29) is 12.5 Å². The highest BCUT2D eigenvalue weighted by Crippen LogP contribution is 2.17. The SMILES string of the molecule is CCc1ccccc1NC(=O)COc1ccccc1/C=N\NC(=O)C(=O)NC. The van der Waals surface area contributed by atoms with Crippen LogP contribution in [0.5, 0.6) is 5.75 Å². The quantitative estimate of drug-likeness (QED) is 0.383. The van der Waals surface area contributed by atoms with E-state index in [1.54, 1.807) is 24.3 Å². The monoisotopic (exact) mass is 382 g/mol. The molecule has 0 saturated heterocycles. The van der Waals surface area contributed by atoms with E-state index in [0.717, 1.165) is 17.7 Å². The molecule has 0 aliphatic heterocycles. The number of carbonyl (C=O) groups excluding carboxylic acids is 3. The standard InChI is InChI=1S/C20H22N4O4/c1-3-14-8-4-6-10-16(14)23-18(25)13-28-17-11-7-5-9-15(17)12-22-24-20(27)19(26)21-2/h4-12H,3,13H2,1-2H3,(H,21,26)(H,23,25)(H,24,27)/b22-12-. The lowest BCUT2D eigenvalue weighted by Gasteiger charge is -2.11. The Hall–Kier alpha value is -3.68. The molecule has 0 heterocycles. The molecule has 8 nitrogen and oxygen atoms in total. The number of benzene rings is 2. The van der Waals surface area contributed by atoms with Gasteiger partial charge in [-0.3, -0.25) is 14.4 Å². The first-order valence-corrected chi connectivity index (χ1v) is 8.69. The number of hydrazone groups is 1. The Balaban J connectivity index is 1.96. The summed E-state index contributed by atoms with van der Waals surface area (Å²) in [5.41, 5.74) is 4.44. The number of para-hydroxylation sites is 2. The van der Waals surface area contributed by atoms with E-state index in [1.807, 2.05) is 31.2 Å². The molecule has 0 unspecified atom stereocenters. The van der Waals surface area contributed by atoms with Crippen molar-refractivity contribution < 1.29 is 19.1 Å². The minimum absolute atomic E-state index is 0.187. The minimum Gasteiger partial charge on any atom is -0.483 e. The molecule has 2 rings (SSSR count). The summed E-state index contributed by atoms with van der Waals surface area (Å²) in [6, 6.07) is 14.5. The van der Waals surface area contributed by atoms with Gasteiger partial charge in [-0.2, -0.15) is 5.10 Å². The van der Waals surface area contributed by atoms with Crippen LogP contribution < -0.4 is 20.8 Å². The molecule has 2 aromatic carbocycles. The Bertz CT molecular complexity index is 880. The van der Waals surface area contributed by atoms with Gasteiger partial charge in [0.05, 0.1) is 6.21 Å². The Morgan fingerprint density at radius 2 is 1.75 bits per heavy atom. The average Bonchev–Trinajstić information content (AvgIpc) is 2.72. The first-order chi connectivity index (χ1) is 13.5. The molecule has 0 atom stereocenters. The smallest absolute Gasteiger partial charge is 0.329 e. The van der Waals surface area contributed by atoms with E-state index < -0.39 is 11.8 Å². The number of aryl methyl sites for hydroxylation is 1. The van der Waals surface area contributed by atoms with Crippen molar-refractivity contribution in [1.29, 1.82) is 0 Å². The molecular formula is C20H22N4O4. The number of nitrogens with one attached hydrogen (secondary N) is 3. The summed E-state index contributed by atoms with van der Waals surface area (Å²) in [5.74, 6) is -1.56. The molecule has 0 aliphatic rings. The number of rotatable bonds is 7. The number of likely N-dealkylation sites (N-methyl/N-ethyl adjacent to an activating group) is 1. The largest absolute Gasteiger partial charge is 0.483 e. The first-order valence-electron chi connectivity index (χ1n) is 8.69. The molecule has 3 amide bonds. The van der Waals surface area contributed by atoms with Crippen molar-refractivity contribution >= 4 is 29.6 Å². The zero-order valence-corrected chi connectivity index (χ0v) is 15.7. The molecule has 3 N–H and O–H groups in total. The summed E-state index contributed by atoms with van der Waals surface area (Å²) in [6.07, 6.45) is 2.14. The second-order valence-electron chi connectivity index (χ2n) is 5.66. The Kier molecular flexibility index (Phi) is 7.71. The van der Waals surface area contributed by atoms with Gasteiger partial charge in [0, 0.05) is 18.3 Å². The molecule has 0 saturated carbocycles. The van der Waals surface area contributed by atoms with Gasteiger partial charge in [-0.25, -0.2) is 5.43 Å². The van der Waals surface area contributed by atoms with Gasteiger partial charge in [0.15, 0.2) is 6.61 Å². The van der Waals surface area contributed by atoms with Crippen LogP contribution in [0.2, 0.25) is 0 Å². The average molecular weight is 382 g/mol. The van der Waals surface area contributed by atoms with E-state index in [0.29, 0.717) is 11.3 Å². The van der Waals surface area contributed by atoms with Gasteiger partial charge < -0.3 is 15.4 Å². The lowest BCUT2D eigenvalue weighted by atomic mass is 10.1. The summed E-state index contributed by atoms with van der Waals surface area (Å²) >= 11 is 0. The first kappa shape index (κ1) is 20.6. The van der Waals surface area contributed by atoms with Crippen molar-refractivity contribution in [3.63, 3.8) is 0 Å². The topological polar surface area (TPSA) is 109 Å². The Labute approximate surface area is 163 Å². The number of hydrogen-bond donors (Lipinski definition) is 3. The van der Waals surface area contributed by atoms with Crippen molar-refractivity contribution in [3.8, 4) is 5.75 Å². The van der Waals surface area contributed by atoms with Crippen LogP contribution in [0.4, 0.5) is 5.69 Å². The summed E-state index contributed by atoms with van der Waals surface area (Å²) in [7, 11) is 1.35. The van der Waals surface area contributed by atoms with Gasteiger partial charge in [0.1, 0.15) is 5.75 Å². The predicted octanol–water partition coefficient (Wildman–Crippen LogP) is 1.46. The van der Waals surface area contributed by atoms with Crippen LogP contribution in [-0.4, -0.2) is 37.6 Å². The van der Waals surface area contributed by atoms with Crippen LogP contribution in [0.25, 0.3) is 0 Å². The second-order valence-corrected chi connectivity index (χ2v) is 5.66. The zero-order valence-electron chi connectivity index (χ0n) is 15.7. The Morgan fingerprint density at radius 1 is 1.04 bits per heavy atom. The fourth-order valence-electron chi connectivity index (χ4n) is 2.32. The van der Waals surface area contributed by atoms with Crippen LogP contribution in [0.15, 0.2) is 53.6 Å². The number of carbonyl (C=O) groups is 3. The van der Waals surface area contributed by atoms with E-state index in [9.17, 15) is 14.4 Å². The molecule has 146 valence electrons. The van der Waals surface area contributed by atoms with Crippen molar-refractivity contribution in [3.05, 3.63) is 59.7 Å². The highest BCUT2D eigenvalue weighted by molar-refractivity contribution is 6.35. The third-order valence-electron chi connectivity index (χ3n) is 3.75. The minimum atomic E-state index is -0.883. The fraction of sp³-hybridized carbons (Fsp3) is 0.200. The van der Waals surface area contributed by atoms with Gasteiger partial charge in [-0.1, -0.05) is 37.3 Å². The molecule has 8 heteroatoms. The van der Waals surface area contributed by atoms with Crippen molar-refractivity contribution in [2.75, 3.05) is 19.0 Å². The number of nitrogens with zero attached hydrogens (tertiary/aromatic N) is 1. The normalized spacial score (nSPS) is 10.4. The highest BCUT2D eigenvalue weighted by atomic mass is 16.5. The van der Waals surface area contributed by atoms with Gasteiger partial charge in [0.2, 0.25) is 0 Å². The van der Waals surface area contributed by atoms with Crippen LogP contribution in [0.1, 0.15) is 18.1 Å². The van der Waals surface area contributed by atoms with Gasteiger partial charge in [-0.05, 0) is 30.2 Å². The molecule has 0 aromatic heterocycles. The summed E-state index contributed by atoms with van der Waals surface area (Å²) in [4.78, 5) is 34.7. The van der Waals surface area contributed by atoms with E-state index in [1.165, 1.54) is 13.3 Å². The Morgan fingerprint density at radius 3 is 2.50 bits per heavy atom. The van der Waals surface area contributed by atoms with Crippen molar-refractivity contribution in [2.24, 2.45) is 5.10 Å². The highest BCUT2D eigenvalue weighted by Gasteiger charge is 2.10. The fourth-order valence-corrected chi connectivity index (χ4v) is 2.32. The molecule has 2 aromatic rings. The maximum Gasteiger partial charge on any atom is 0.329 e. The van der Waals surface area contributed by atoms with Crippen LogP contribution in [0.3, 0.4) is 0 Å². The second kappa shape index (κ2) is 10.5. The molecular weight excluding hydrogens is 360 g/mol. The van der Waals surface area contributed by atoms with Crippen molar-refractivity contribution in [1.82, 2.24) is 10.7 Å². The maximum atomic E-state index is 12.2. The summed E-state index contributed by atoms with van der Waals surface area (Å²) in [6.45, 7) is 1.83. The lowest BCUT2D eigenvalue weighted by molar-refractivity contribution is -0.138. The van der Waals surface area contributed by atoms with Crippen molar-refractivity contribution in [2.45, 2.75) is 13.3 Å². The maximum absolute atomic E-state index is 12.2. The molecule has 0 aliphatic carbocycles. The van der Waals surface area contributed by atoms with Gasteiger partial charge in [-0.15, -0.1) is 0 Å². The summed E-state index contributed by atoms with van der Waals surface area (Å²) < 4.78 is 5.58. The van der Waals surface area contributed by atoms with Crippen LogP contribution in [-0.2, 0) is 20.8 Å². The van der Waals surface area contributed by atoms with E-state index in [4.69, 9.17) is 4.74 Å². The third-order valence-corrected chi connectivity index (χ3v) is 3.75. The number of amides is 3. The van der Waals surface area contributed by atoms with Crippen LogP contribution >= 0.6 is 0 Å². The van der Waals surface area contributed by atoms with E-state index >= 15 is 0 Å². The molecule has 0 fully saturated rings. The molecule has 0 radical (unpaired) electrons. The predicted molar refractivity (Wildman–Crippen MR) is 106 cm³/mol. The number of hydrogen-bond acceptors (Lipinski definition) is 5. The number of anilines is 1. The van der Waals surface area contributed by atoms with Crippen LogP contribution in [0, 0.1) is 0 Å². The van der Waals surface area contributed by atoms with Gasteiger partial charge >= 0.3 is 11.8 Å². The molecule has 0 spiro atoms. The zero-order chi connectivity index (χ0) is 20.4. The third kappa shape index (κ3) is 5.94. The van der Waals surface area contributed by atoms with Gasteiger partial charge in [0.25, 0.3) is 5.91 Å². The number of ether oxygens (including phenoxy) is 1. The van der Waals surface area contributed by atoms with E-state index in [2.05, 4.69) is 21.2 Å². The lowest BCUT2D eigenvalue weighted by Crippen LogP contribution is -2.35.